The van der Waals surface area contributed by atoms with Gasteiger partial charge in [-0.25, -0.2) is 4.39 Å². The maximum absolute atomic E-state index is 13.6. The zero-order valence-electron chi connectivity index (χ0n) is 13.8. The van der Waals surface area contributed by atoms with Crippen LogP contribution >= 0.6 is 0 Å². The van der Waals surface area contributed by atoms with E-state index >= 15 is 0 Å². The number of piperazine rings is 1. The van der Waals surface area contributed by atoms with Crippen molar-refractivity contribution in [3.05, 3.63) is 65.7 Å². The van der Waals surface area contributed by atoms with Gasteiger partial charge < -0.3 is 10.2 Å². The summed E-state index contributed by atoms with van der Waals surface area (Å²) in [6, 6.07) is 10.3. The number of nitrogens with zero attached hydrogens (tertiary/aromatic N) is 2. The second-order valence-electron chi connectivity index (χ2n) is 6.25. The summed E-state index contributed by atoms with van der Waals surface area (Å²) < 4.78 is 13.6. The summed E-state index contributed by atoms with van der Waals surface area (Å²) in [6.45, 7) is 4.09. The van der Waals surface area contributed by atoms with Crippen molar-refractivity contribution >= 4 is 5.91 Å². The Bertz CT molecular complexity index is 692. The van der Waals surface area contributed by atoms with Crippen LogP contribution in [0.4, 0.5) is 4.39 Å². The average Bonchev–Trinajstić information content (AvgIpc) is 2.62. The van der Waals surface area contributed by atoms with Crippen molar-refractivity contribution in [3.63, 3.8) is 0 Å². The van der Waals surface area contributed by atoms with Crippen LogP contribution < -0.4 is 5.32 Å². The maximum Gasteiger partial charge on any atom is 0.223 e. The van der Waals surface area contributed by atoms with Gasteiger partial charge in [-0.15, -0.1) is 0 Å². The highest BCUT2D eigenvalue weighted by molar-refractivity contribution is 5.77. The molecule has 126 valence electrons. The van der Waals surface area contributed by atoms with Gasteiger partial charge in [-0.05, 0) is 35.2 Å². The van der Waals surface area contributed by atoms with E-state index in [0.717, 1.165) is 17.7 Å². The lowest BCUT2D eigenvalue weighted by Crippen LogP contribution is -2.48. The van der Waals surface area contributed by atoms with E-state index in [-0.39, 0.29) is 23.7 Å². The molecule has 1 aromatic heterocycles. The molecule has 0 spiro atoms. The topological polar surface area (TPSA) is 45.2 Å². The number of hydrogen-bond donors (Lipinski definition) is 1. The van der Waals surface area contributed by atoms with Crippen LogP contribution in [0, 0.1) is 5.82 Å². The molecule has 0 aliphatic carbocycles. The molecule has 2 heterocycles. The minimum absolute atomic E-state index is 0.0992. The standard InChI is InChI=1S/C19H22FN3O/c1-14(16-5-3-7-21-12-16)10-19(24)23-9-8-22-13-18(23)15-4-2-6-17(20)11-15/h2-7,11-12,14,18,22H,8-10,13H2,1H3. The van der Waals surface area contributed by atoms with Crippen LogP contribution in [0.25, 0.3) is 0 Å². The van der Waals surface area contributed by atoms with E-state index in [1.807, 2.05) is 30.0 Å². The first kappa shape index (κ1) is 16.6. The molecule has 2 unspecified atom stereocenters. The van der Waals surface area contributed by atoms with E-state index in [4.69, 9.17) is 0 Å². The van der Waals surface area contributed by atoms with Gasteiger partial charge in [-0.1, -0.05) is 25.1 Å². The van der Waals surface area contributed by atoms with Gasteiger partial charge in [0, 0.05) is 38.4 Å². The summed E-state index contributed by atoms with van der Waals surface area (Å²) in [5.41, 5.74) is 1.90. The van der Waals surface area contributed by atoms with Crippen molar-refractivity contribution in [1.82, 2.24) is 15.2 Å². The first-order valence-electron chi connectivity index (χ1n) is 8.30. The van der Waals surface area contributed by atoms with Crippen LogP contribution in [0.5, 0.6) is 0 Å². The zero-order chi connectivity index (χ0) is 16.9. The Morgan fingerprint density at radius 3 is 3.04 bits per heavy atom. The number of amides is 1. The molecule has 0 bridgehead atoms. The number of hydrogen-bond acceptors (Lipinski definition) is 3. The number of benzene rings is 1. The van der Waals surface area contributed by atoms with E-state index < -0.39 is 0 Å². The zero-order valence-corrected chi connectivity index (χ0v) is 13.8. The molecule has 1 saturated heterocycles. The predicted molar refractivity (Wildman–Crippen MR) is 91.0 cm³/mol. The van der Waals surface area contributed by atoms with Gasteiger partial charge in [-0.2, -0.15) is 0 Å². The van der Waals surface area contributed by atoms with Crippen molar-refractivity contribution in [1.29, 1.82) is 0 Å². The van der Waals surface area contributed by atoms with Crippen LogP contribution in [0.1, 0.15) is 36.4 Å². The molecule has 1 aromatic carbocycles. The van der Waals surface area contributed by atoms with Gasteiger partial charge >= 0.3 is 0 Å². The van der Waals surface area contributed by atoms with E-state index in [1.165, 1.54) is 12.1 Å². The summed E-state index contributed by atoms with van der Waals surface area (Å²) in [5, 5.41) is 3.30. The van der Waals surface area contributed by atoms with Crippen LogP contribution in [0.15, 0.2) is 48.8 Å². The second kappa shape index (κ2) is 7.53. The van der Waals surface area contributed by atoms with E-state index in [0.29, 0.717) is 19.5 Å². The minimum Gasteiger partial charge on any atom is -0.333 e. The second-order valence-corrected chi connectivity index (χ2v) is 6.25. The molecule has 1 amide bonds. The molecule has 24 heavy (non-hydrogen) atoms. The third kappa shape index (κ3) is 3.79. The molecule has 1 fully saturated rings. The summed E-state index contributed by atoms with van der Waals surface area (Å²) >= 11 is 0. The lowest BCUT2D eigenvalue weighted by Gasteiger charge is -2.37. The quantitative estimate of drug-likeness (QED) is 0.939. The number of carbonyl (C=O) groups excluding carboxylic acids is 1. The largest absolute Gasteiger partial charge is 0.333 e. The normalized spacial score (nSPS) is 19.1. The van der Waals surface area contributed by atoms with Gasteiger partial charge in [0.15, 0.2) is 0 Å². The Labute approximate surface area is 141 Å². The number of nitrogens with one attached hydrogen (secondary N) is 1. The number of halogens is 1. The van der Waals surface area contributed by atoms with Crippen molar-refractivity contribution < 1.29 is 9.18 Å². The van der Waals surface area contributed by atoms with Gasteiger partial charge in [0.1, 0.15) is 5.82 Å². The fourth-order valence-corrected chi connectivity index (χ4v) is 3.18. The molecule has 4 nitrogen and oxygen atoms in total. The number of pyridine rings is 1. The summed E-state index contributed by atoms with van der Waals surface area (Å²) in [5.74, 6) is -0.0643. The van der Waals surface area contributed by atoms with Crippen LogP contribution in [-0.4, -0.2) is 35.4 Å². The van der Waals surface area contributed by atoms with Crippen LogP contribution in [0.3, 0.4) is 0 Å². The lowest BCUT2D eigenvalue weighted by molar-refractivity contribution is -0.134. The molecule has 0 saturated carbocycles. The Morgan fingerprint density at radius 1 is 1.42 bits per heavy atom. The predicted octanol–water partition coefficient (Wildman–Crippen LogP) is 2.89. The fourth-order valence-electron chi connectivity index (χ4n) is 3.18. The fraction of sp³-hybridized carbons (Fsp3) is 0.368. The first-order chi connectivity index (χ1) is 11.6. The highest BCUT2D eigenvalue weighted by Gasteiger charge is 2.28. The number of rotatable bonds is 4. The Kier molecular flexibility index (Phi) is 5.20. The molecule has 2 atom stereocenters. The molecule has 2 aromatic rings. The van der Waals surface area contributed by atoms with Gasteiger partial charge in [0.2, 0.25) is 5.91 Å². The first-order valence-corrected chi connectivity index (χ1v) is 8.30. The molecule has 5 heteroatoms. The molecule has 1 aliphatic heterocycles. The van der Waals surface area contributed by atoms with E-state index in [9.17, 15) is 9.18 Å². The highest BCUT2D eigenvalue weighted by atomic mass is 19.1. The summed E-state index contributed by atoms with van der Waals surface area (Å²) in [4.78, 5) is 18.8. The molecule has 3 rings (SSSR count). The third-order valence-electron chi connectivity index (χ3n) is 4.53. The maximum atomic E-state index is 13.6. The summed E-state index contributed by atoms with van der Waals surface area (Å²) in [6.07, 6.45) is 3.96. The molecular weight excluding hydrogens is 305 g/mol. The SMILES string of the molecule is CC(CC(=O)N1CCNCC1c1cccc(F)c1)c1cccnc1. The van der Waals surface area contributed by atoms with Crippen molar-refractivity contribution in [2.45, 2.75) is 25.3 Å². The molecule has 0 radical (unpaired) electrons. The minimum atomic E-state index is -0.269. The molecular formula is C19H22FN3O. The summed E-state index contributed by atoms with van der Waals surface area (Å²) in [7, 11) is 0. The Morgan fingerprint density at radius 2 is 2.29 bits per heavy atom. The molecule has 1 aliphatic rings. The lowest BCUT2D eigenvalue weighted by atomic mass is 9.97. The third-order valence-corrected chi connectivity index (χ3v) is 4.53. The van der Waals surface area contributed by atoms with E-state index in [2.05, 4.69) is 10.3 Å². The Hall–Kier alpha value is -2.27. The number of carbonyl (C=O) groups is 1. The Balaban J connectivity index is 1.74. The van der Waals surface area contributed by atoms with Crippen molar-refractivity contribution in [3.8, 4) is 0 Å². The van der Waals surface area contributed by atoms with Crippen molar-refractivity contribution in [2.75, 3.05) is 19.6 Å². The monoisotopic (exact) mass is 327 g/mol. The smallest absolute Gasteiger partial charge is 0.223 e. The number of aromatic nitrogens is 1. The van der Waals surface area contributed by atoms with Gasteiger partial charge in [0.05, 0.1) is 6.04 Å². The van der Waals surface area contributed by atoms with Crippen LogP contribution in [0.2, 0.25) is 0 Å². The van der Waals surface area contributed by atoms with Gasteiger partial charge in [0.25, 0.3) is 0 Å². The van der Waals surface area contributed by atoms with Gasteiger partial charge in [-0.3, -0.25) is 9.78 Å². The molecule has 1 N–H and O–H groups in total. The highest BCUT2D eigenvalue weighted by Crippen LogP contribution is 2.26. The van der Waals surface area contributed by atoms with Crippen LogP contribution in [-0.2, 0) is 4.79 Å². The van der Waals surface area contributed by atoms with E-state index in [1.54, 1.807) is 18.5 Å². The van der Waals surface area contributed by atoms with Crippen molar-refractivity contribution in [2.24, 2.45) is 0 Å². The average molecular weight is 327 g/mol.